The maximum Gasteiger partial charge on any atom is 0.355 e. The number of hydrogen-bond acceptors (Lipinski definition) is 4. The first-order valence-corrected chi connectivity index (χ1v) is 7.51. The fraction of sp³-hybridized carbons (Fsp3) is 0.267. The van der Waals surface area contributed by atoms with Crippen molar-refractivity contribution in [2.24, 2.45) is 0 Å². The lowest BCUT2D eigenvalue weighted by Gasteiger charge is -2.29. The number of carboxylic acid groups (broad SMARTS) is 1. The Morgan fingerprint density at radius 1 is 1.43 bits per heavy atom. The first-order valence-electron chi connectivity index (χ1n) is 6.63. The summed E-state index contributed by atoms with van der Waals surface area (Å²) in [6.45, 7) is 1.81. The third-order valence-corrected chi connectivity index (χ3v) is 4.67. The van der Waals surface area contributed by atoms with Gasteiger partial charge in [-0.05, 0) is 24.5 Å². The van der Waals surface area contributed by atoms with Crippen molar-refractivity contribution in [2.45, 2.75) is 25.3 Å². The molecule has 0 spiro atoms. The van der Waals surface area contributed by atoms with Gasteiger partial charge in [0.15, 0.2) is 5.69 Å². The number of nitrogens with zero attached hydrogens (tertiary/aromatic N) is 1. The van der Waals surface area contributed by atoms with Crippen molar-refractivity contribution < 1.29 is 14.7 Å². The van der Waals surface area contributed by atoms with Crippen LogP contribution in [0.3, 0.4) is 0 Å². The molecule has 6 heteroatoms. The number of amides is 1. The van der Waals surface area contributed by atoms with E-state index in [-0.39, 0.29) is 23.6 Å². The molecule has 0 saturated carbocycles. The van der Waals surface area contributed by atoms with Gasteiger partial charge in [-0.1, -0.05) is 24.3 Å². The van der Waals surface area contributed by atoms with Crippen LogP contribution in [-0.4, -0.2) is 22.0 Å². The number of nitrogens with one attached hydrogen (secondary N) is 1. The van der Waals surface area contributed by atoms with Crippen LogP contribution in [0.2, 0.25) is 0 Å². The first kappa shape index (κ1) is 13.8. The molecule has 108 valence electrons. The molecule has 0 radical (unpaired) electrons. The van der Waals surface area contributed by atoms with Crippen molar-refractivity contribution in [3.63, 3.8) is 0 Å². The Morgan fingerprint density at radius 3 is 2.86 bits per heavy atom. The van der Waals surface area contributed by atoms with E-state index in [4.69, 9.17) is 5.11 Å². The SMILES string of the molecule is CC(NC(=O)C1Cc2ccccc21)c1nc(C(=O)O)cs1. The number of carbonyl (C=O) groups excluding carboxylic acids is 1. The van der Waals surface area contributed by atoms with Crippen molar-refractivity contribution in [1.82, 2.24) is 10.3 Å². The molecule has 0 saturated heterocycles. The first-order chi connectivity index (χ1) is 10.1. The molecule has 1 heterocycles. The summed E-state index contributed by atoms with van der Waals surface area (Å²) in [6.07, 6.45) is 0.757. The second-order valence-corrected chi connectivity index (χ2v) is 5.95. The van der Waals surface area contributed by atoms with Crippen LogP contribution in [0.15, 0.2) is 29.6 Å². The van der Waals surface area contributed by atoms with Gasteiger partial charge in [0.1, 0.15) is 5.01 Å². The molecule has 1 aliphatic rings. The van der Waals surface area contributed by atoms with E-state index >= 15 is 0 Å². The molecular weight excluding hydrogens is 288 g/mol. The van der Waals surface area contributed by atoms with E-state index in [9.17, 15) is 9.59 Å². The van der Waals surface area contributed by atoms with Crippen LogP contribution >= 0.6 is 11.3 Å². The van der Waals surface area contributed by atoms with Crippen molar-refractivity contribution in [1.29, 1.82) is 0 Å². The van der Waals surface area contributed by atoms with Gasteiger partial charge >= 0.3 is 5.97 Å². The molecule has 2 unspecified atom stereocenters. The van der Waals surface area contributed by atoms with E-state index in [0.717, 1.165) is 12.0 Å². The number of benzene rings is 1. The van der Waals surface area contributed by atoms with Gasteiger partial charge in [-0.3, -0.25) is 4.79 Å². The largest absolute Gasteiger partial charge is 0.476 e. The lowest BCUT2D eigenvalue weighted by atomic mass is 9.77. The van der Waals surface area contributed by atoms with Crippen LogP contribution in [0, 0.1) is 0 Å². The Labute approximate surface area is 125 Å². The number of carbonyl (C=O) groups is 2. The average molecular weight is 302 g/mol. The van der Waals surface area contributed by atoms with Crippen molar-refractivity contribution in [3.8, 4) is 0 Å². The molecule has 21 heavy (non-hydrogen) atoms. The number of thiazole rings is 1. The predicted molar refractivity (Wildman–Crippen MR) is 78.5 cm³/mol. The second kappa shape index (κ2) is 5.29. The molecule has 2 N–H and O–H groups in total. The van der Waals surface area contributed by atoms with Gasteiger partial charge in [0.25, 0.3) is 0 Å². The molecule has 0 bridgehead atoms. The zero-order valence-electron chi connectivity index (χ0n) is 11.4. The normalized spacial score (nSPS) is 17.5. The number of carboxylic acids is 1. The lowest BCUT2D eigenvalue weighted by molar-refractivity contribution is -0.123. The summed E-state index contributed by atoms with van der Waals surface area (Å²) in [5.74, 6) is -1.19. The highest BCUT2D eigenvalue weighted by Crippen LogP contribution is 2.35. The topological polar surface area (TPSA) is 79.3 Å². The van der Waals surface area contributed by atoms with Gasteiger partial charge in [0.05, 0.1) is 12.0 Å². The fourth-order valence-corrected chi connectivity index (χ4v) is 3.25. The van der Waals surface area contributed by atoms with Crippen molar-refractivity contribution in [3.05, 3.63) is 51.5 Å². The van der Waals surface area contributed by atoms with E-state index in [1.165, 1.54) is 22.3 Å². The Bertz CT molecular complexity index is 710. The van der Waals surface area contributed by atoms with E-state index in [1.807, 2.05) is 31.2 Å². The molecular formula is C15H14N2O3S. The maximum atomic E-state index is 12.3. The van der Waals surface area contributed by atoms with E-state index in [1.54, 1.807) is 0 Å². The van der Waals surface area contributed by atoms with Crippen LogP contribution in [0.4, 0.5) is 0 Å². The third-order valence-electron chi connectivity index (χ3n) is 3.64. The van der Waals surface area contributed by atoms with Crippen LogP contribution < -0.4 is 5.32 Å². The summed E-state index contributed by atoms with van der Waals surface area (Å²) >= 11 is 1.24. The number of fused-ring (bicyclic) bond motifs is 1. The smallest absolute Gasteiger partial charge is 0.355 e. The summed E-state index contributed by atoms with van der Waals surface area (Å²) in [7, 11) is 0. The highest BCUT2D eigenvalue weighted by Gasteiger charge is 2.32. The molecule has 2 aromatic rings. The molecule has 0 aliphatic heterocycles. The van der Waals surface area contributed by atoms with Gasteiger partial charge in [0, 0.05) is 5.38 Å². The minimum Gasteiger partial charge on any atom is -0.476 e. The molecule has 0 fully saturated rings. The summed E-state index contributed by atoms with van der Waals surface area (Å²) in [6, 6.07) is 7.62. The number of aromatic nitrogens is 1. The molecule has 1 aromatic heterocycles. The Hall–Kier alpha value is -2.21. The maximum absolute atomic E-state index is 12.3. The van der Waals surface area contributed by atoms with Crippen LogP contribution in [-0.2, 0) is 11.2 Å². The number of aromatic carboxylic acids is 1. The minimum atomic E-state index is -1.05. The van der Waals surface area contributed by atoms with Gasteiger partial charge in [-0.25, -0.2) is 9.78 Å². The van der Waals surface area contributed by atoms with Crippen LogP contribution in [0.1, 0.15) is 45.5 Å². The third kappa shape index (κ3) is 2.54. The molecule has 3 rings (SSSR count). The molecule has 1 aliphatic carbocycles. The Balaban J connectivity index is 1.66. The monoisotopic (exact) mass is 302 g/mol. The Morgan fingerprint density at radius 2 is 2.19 bits per heavy atom. The summed E-state index contributed by atoms with van der Waals surface area (Å²) in [5, 5.41) is 13.9. The fourth-order valence-electron chi connectivity index (χ4n) is 2.45. The average Bonchev–Trinajstić information content (AvgIpc) is 2.90. The van der Waals surface area contributed by atoms with Crippen molar-refractivity contribution in [2.75, 3.05) is 0 Å². The highest BCUT2D eigenvalue weighted by atomic mass is 32.1. The standard InChI is InChI=1S/C15H14N2O3S/c1-8(14-17-12(7-21-14)15(19)20)16-13(18)11-6-9-4-2-3-5-10(9)11/h2-5,7-8,11H,6H2,1H3,(H,16,18)(H,19,20). The highest BCUT2D eigenvalue weighted by molar-refractivity contribution is 7.09. The summed E-state index contributed by atoms with van der Waals surface area (Å²) in [5.41, 5.74) is 2.31. The zero-order chi connectivity index (χ0) is 15.0. The van der Waals surface area contributed by atoms with E-state index in [2.05, 4.69) is 10.3 Å². The second-order valence-electron chi connectivity index (χ2n) is 5.06. The minimum absolute atomic E-state index is 0.0186. The van der Waals surface area contributed by atoms with E-state index < -0.39 is 5.97 Å². The van der Waals surface area contributed by atoms with Crippen molar-refractivity contribution >= 4 is 23.2 Å². The summed E-state index contributed by atoms with van der Waals surface area (Å²) < 4.78 is 0. The summed E-state index contributed by atoms with van der Waals surface area (Å²) in [4.78, 5) is 27.1. The van der Waals surface area contributed by atoms with Gasteiger partial charge in [-0.2, -0.15) is 0 Å². The van der Waals surface area contributed by atoms with Crippen LogP contribution in [0.25, 0.3) is 0 Å². The molecule has 5 nitrogen and oxygen atoms in total. The van der Waals surface area contributed by atoms with Crippen LogP contribution in [0.5, 0.6) is 0 Å². The lowest BCUT2D eigenvalue weighted by Crippen LogP contribution is -2.36. The van der Waals surface area contributed by atoms with Gasteiger partial charge in [-0.15, -0.1) is 11.3 Å². The quantitative estimate of drug-likeness (QED) is 0.908. The van der Waals surface area contributed by atoms with Gasteiger partial charge in [0.2, 0.25) is 5.91 Å². The van der Waals surface area contributed by atoms with Gasteiger partial charge < -0.3 is 10.4 Å². The predicted octanol–water partition coefficient (Wildman–Crippen LogP) is 2.36. The molecule has 1 aromatic carbocycles. The van der Waals surface area contributed by atoms with E-state index in [0.29, 0.717) is 5.01 Å². The zero-order valence-corrected chi connectivity index (χ0v) is 12.2. The number of rotatable bonds is 4. The molecule has 2 atom stereocenters. The number of hydrogen-bond donors (Lipinski definition) is 2. The Kier molecular flexibility index (Phi) is 3.47. The molecule has 1 amide bonds.